The van der Waals surface area contributed by atoms with E-state index in [2.05, 4.69) is 43.2 Å². The first-order chi connectivity index (χ1) is 9.47. The van der Waals surface area contributed by atoms with Crippen molar-refractivity contribution in [1.82, 2.24) is 4.57 Å². The van der Waals surface area contributed by atoms with Crippen LogP contribution in [0.4, 0.5) is 11.5 Å². The highest BCUT2D eigenvalue weighted by molar-refractivity contribution is 5.68. The van der Waals surface area contributed by atoms with Crippen LogP contribution in [0.15, 0.2) is 6.07 Å². The maximum Gasteiger partial charge on any atom is 0.133 e. The van der Waals surface area contributed by atoms with Crippen LogP contribution in [0.3, 0.4) is 0 Å². The van der Waals surface area contributed by atoms with Gasteiger partial charge in [-0.25, -0.2) is 0 Å². The van der Waals surface area contributed by atoms with Crippen LogP contribution in [-0.2, 0) is 0 Å². The molecule has 1 saturated heterocycles. The van der Waals surface area contributed by atoms with Crippen LogP contribution < -0.4 is 10.6 Å². The maximum absolute atomic E-state index is 9.36. The van der Waals surface area contributed by atoms with Gasteiger partial charge in [0.05, 0.1) is 5.69 Å². The van der Waals surface area contributed by atoms with Crippen LogP contribution >= 0.6 is 0 Å². The first-order valence-corrected chi connectivity index (χ1v) is 7.63. The van der Waals surface area contributed by atoms with Crippen molar-refractivity contribution in [1.29, 1.82) is 5.26 Å². The van der Waals surface area contributed by atoms with Gasteiger partial charge in [-0.05, 0) is 37.7 Å². The Balaban J connectivity index is 2.45. The molecule has 1 aliphatic rings. The fourth-order valence-electron chi connectivity index (χ4n) is 3.42. The summed E-state index contributed by atoms with van der Waals surface area (Å²) in [5.74, 6) is 2.39. The molecule has 3 atom stereocenters. The number of anilines is 2. The van der Waals surface area contributed by atoms with Crippen molar-refractivity contribution in [2.45, 2.75) is 46.6 Å². The number of nitrogen functional groups attached to an aromatic ring is 1. The molecule has 110 valence electrons. The number of hydrogen-bond donors (Lipinski definition) is 1. The minimum absolute atomic E-state index is 0.296. The molecule has 1 aliphatic heterocycles. The molecule has 2 rings (SSSR count). The molecule has 1 aromatic rings. The van der Waals surface area contributed by atoms with E-state index in [4.69, 9.17) is 5.73 Å². The molecule has 1 aromatic heterocycles. The van der Waals surface area contributed by atoms with E-state index >= 15 is 0 Å². The Morgan fingerprint density at radius 3 is 2.50 bits per heavy atom. The van der Waals surface area contributed by atoms with Gasteiger partial charge in [-0.15, -0.1) is 0 Å². The van der Waals surface area contributed by atoms with Gasteiger partial charge in [0.25, 0.3) is 0 Å². The summed E-state index contributed by atoms with van der Waals surface area (Å²) < 4.78 is 2.13. The number of nitrogens with two attached hydrogens (primary N) is 1. The number of hydrogen-bond acceptors (Lipinski definition) is 3. The SMILES string of the molecule is CC[C@H](C)n1c(C#N)cc(N)c1N1C[C@H](C)C[C@@H](C)C1. The molecule has 0 spiro atoms. The lowest BCUT2D eigenvalue weighted by Gasteiger charge is -2.38. The number of nitrogens with zero attached hydrogens (tertiary/aromatic N) is 3. The minimum atomic E-state index is 0.296. The Bertz CT molecular complexity index is 501. The van der Waals surface area contributed by atoms with Gasteiger partial charge in [0.2, 0.25) is 0 Å². The van der Waals surface area contributed by atoms with Crippen LogP contribution in [0.5, 0.6) is 0 Å². The van der Waals surface area contributed by atoms with Crippen molar-refractivity contribution in [3.63, 3.8) is 0 Å². The average Bonchev–Trinajstić information content (AvgIpc) is 2.73. The first-order valence-electron chi connectivity index (χ1n) is 7.63. The van der Waals surface area contributed by atoms with E-state index in [0.717, 1.165) is 31.0 Å². The maximum atomic E-state index is 9.36. The van der Waals surface area contributed by atoms with Gasteiger partial charge in [0, 0.05) is 19.1 Å². The molecule has 1 fully saturated rings. The van der Waals surface area contributed by atoms with Gasteiger partial charge in [-0.1, -0.05) is 20.8 Å². The van der Waals surface area contributed by atoms with Crippen molar-refractivity contribution in [2.24, 2.45) is 11.8 Å². The van der Waals surface area contributed by atoms with Crippen LogP contribution in [0, 0.1) is 23.2 Å². The summed E-state index contributed by atoms with van der Waals surface area (Å²) in [7, 11) is 0. The summed E-state index contributed by atoms with van der Waals surface area (Å²) in [6.07, 6.45) is 2.26. The quantitative estimate of drug-likeness (QED) is 0.919. The highest BCUT2D eigenvalue weighted by Gasteiger charge is 2.27. The summed E-state index contributed by atoms with van der Waals surface area (Å²) in [5.41, 5.74) is 7.64. The van der Waals surface area contributed by atoms with Crippen molar-refractivity contribution in [3.8, 4) is 6.07 Å². The Kier molecular flexibility index (Phi) is 4.27. The third-order valence-electron chi connectivity index (χ3n) is 4.35. The molecule has 0 saturated carbocycles. The third-order valence-corrected chi connectivity index (χ3v) is 4.35. The molecular weight excluding hydrogens is 248 g/mol. The molecule has 2 heterocycles. The van der Waals surface area contributed by atoms with Gasteiger partial charge < -0.3 is 15.2 Å². The predicted octanol–water partition coefficient (Wildman–Crippen LogP) is 3.40. The van der Waals surface area contributed by atoms with Crippen molar-refractivity contribution in [3.05, 3.63) is 11.8 Å². The second-order valence-corrected chi connectivity index (χ2v) is 6.40. The van der Waals surface area contributed by atoms with E-state index in [1.807, 2.05) is 6.07 Å². The van der Waals surface area contributed by atoms with Gasteiger partial charge in [0.15, 0.2) is 0 Å². The Labute approximate surface area is 122 Å². The second kappa shape index (κ2) is 5.78. The van der Waals surface area contributed by atoms with Crippen LogP contribution in [0.1, 0.15) is 52.3 Å². The largest absolute Gasteiger partial charge is 0.396 e. The fourth-order valence-corrected chi connectivity index (χ4v) is 3.42. The van der Waals surface area contributed by atoms with E-state index in [0.29, 0.717) is 23.6 Å². The third kappa shape index (κ3) is 2.63. The molecular formula is C16H26N4. The number of aromatic nitrogens is 1. The van der Waals surface area contributed by atoms with Crippen LogP contribution in [0.25, 0.3) is 0 Å². The lowest BCUT2D eigenvalue weighted by Crippen LogP contribution is -2.40. The second-order valence-electron chi connectivity index (χ2n) is 6.40. The standard InChI is InChI=1S/C16H26N4/c1-5-13(4)20-14(8-17)7-15(18)16(20)19-9-11(2)6-12(3)10-19/h7,11-13H,5-6,9-10,18H2,1-4H3/t11-,12-,13+/m1/s1. The molecule has 20 heavy (non-hydrogen) atoms. The molecule has 2 N–H and O–H groups in total. The van der Waals surface area contributed by atoms with Gasteiger partial charge in [-0.3, -0.25) is 0 Å². The summed E-state index contributed by atoms with van der Waals surface area (Å²) in [6.45, 7) is 10.9. The number of rotatable bonds is 3. The Morgan fingerprint density at radius 1 is 1.40 bits per heavy atom. The Morgan fingerprint density at radius 2 is 2.00 bits per heavy atom. The van der Waals surface area contributed by atoms with Crippen molar-refractivity contribution in [2.75, 3.05) is 23.7 Å². The first kappa shape index (κ1) is 14.8. The summed E-state index contributed by atoms with van der Waals surface area (Å²) >= 11 is 0. The molecule has 0 unspecified atom stereocenters. The van der Waals surface area contributed by atoms with E-state index in [1.165, 1.54) is 6.42 Å². The highest BCUT2D eigenvalue weighted by atomic mass is 15.3. The summed E-state index contributed by atoms with van der Waals surface area (Å²) in [4.78, 5) is 2.38. The zero-order chi connectivity index (χ0) is 14.9. The van der Waals surface area contributed by atoms with Crippen LogP contribution in [-0.4, -0.2) is 17.7 Å². The minimum Gasteiger partial charge on any atom is -0.396 e. The molecule has 0 radical (unpaired) electrons. The topological polar surface area (TPSA) is 58.0 Å². The van der Waals surface area contributed by atoms with Crippen molar-refractivity contribution < 1.29 is 0 Å². The Hall–Kier alpha value is -1.63. The highest BCUT2D eigenvalue weighted by Crippen LogP contribution is 2.35. The normalized spacial score (nSPS) is 24.4. The predicted molar refractivity (Wildman–Crippen MR) is 83.7 cm³/mol. The van der Waals surface area contributed by atoms with Crippen molar-refractivity contribution >= 4 is 11.5 Å². The fraction of sp³-hybridized carbons (Fsp3) is 0.688. The lowest BCUT2D eigenvalue weighted by atomic mass is 9.92. The molecule has 0 bridgehead atoms. The van der Waals surface area contributed by atoms with E-state index in [1.54, 1.807) is 0 Å². The summed E-state index contributed by atoms with van der Waals surface area (Å²) in [5, 5.41) is 9.36. The number of nitriles is 1. The molecule has 4 heteroatoms. The summed E-state index contributed by atoms with van der Waals surface area (Å²) in [6, 6.07) is 4.41. The molecule has 0 aromatic carbocycles. The molecule has 4 nitrogen and oxygen atoms in total. The zero-order valence-electron chi connectivity index (χ0n) is 13.1. The van der Waals surface area contributed by atoms with Gasteiger partial charge in [-0.2, -0.15) is 5.26 Å². The average molecular weight is 274 g/mol. The lowest BCUT2D eigenvalue weighted by molar-refractivity contribution is 0.351. The van der Waals surface area contributed by atoms with Gasteiger partial charge in [0.1, 0.15) is 17.6 Å². The van der Waals surface area contributed by atoms with E-state index in [-0.39, 0.29) is 0 Å². The molecule has 0 amide bonds. The monoisotopic (exact) mass is 274 g/mol. The zero-order valence-corrected chi connectivity index (χ0v) is 13.1. The number of piperidine rings is 1. The smallest absolute Gasteiger partial charge is 0.133 e. The van der Waals surface area contributed by atoms with E-state index in [9.17, 15) is 5.26 Å². The van der Waals surface area contributed by atoms with Crippen LogP contribution in [0.2, 0.25) is 0 Å². The van der Waals surface area contributed by atoms with E-state index < -0.39 is 0 Å². The molecule has 0 aliphatic carbocycles. The van der Waals surface area contributed by atoms with Gasteiger partial charge >= 0.3 is 0 Å².